The lowest BCUT2D eigenvalue weighted by Crippen LogP contribution is -2.62. The maximum absolute atomic E-state index is 12.9. The molecule has 2 amide bonds. The first-order valence-electron chi connectivity index (χ1n) is 8.45. The molecular weight excluding hydrogens is 414 g/mol. The summed E-state index contributed by atoms with van der Waals surface area (Å²) in [6.45, 7) is 0.133. The number of amides is 2. The van der Waals surface area contributed by atoms with Gasteiger partial charge in [-0.15, -0.1) is 11.3 Å². The number of aromatic amines is 1. The third kappa shape index (κ3) is 2.20. The number of rotatable bonds is 1. The number of piperazine rings is 1. The van der Waals surface area contributed by atoms with Crippen molar-refractivity contribution in [3.8, 4) is 0 Å². The minimum absolute atomic E-state index is 0.00377. The summed E-state index contributed by atoms with van der Waals surface area (Å²) in [6.07, 6.45) is 0.553. The lowest BCUT2D eigenvalue weighted by molar-refractivity contribution is -0.157. The zero-order valence-electron chi connectivity index (χ0n) is 14.0. The molecule has 1 N–H and O–H groups in total. The Morgan fingerprint density at radius 3 is 2.77 bits per heavy atom. The number of H-pyrrole nitrogens is 1. The van der Waals surface area contributed by atoms with Crippen LogP contribution in [0.25, 0.3) is 10.9 Å². The highest BCUT2D eigenvalue weighted by Gasteiger charge is 2.47. The first-order valence-corrected chi connectivity index (χ1v) is 10.1. The second kappa shape index (κ2) is 5.69. The number of hydrogen-bond acceptors (Lipinski definition) is 3. The summed E-state index contributed by atoms with van der Waals surface area (Å²) in [5.74, 6) is 0.0112. The minimum Gasteiger partial charge on any atom is -0.356 e. The van der Waals surface area contributed by atoms with E-state index in [2.05, 4.69) is 27.0 Å². The number of likely N-dealkylation sites (N-methyl/N-ethyl adjacent to an activating group) is 1. The van der Waals surface area contributed by atoms with Crippen LogP contribution in [0.1, 0.15) is 22.2 Å². The van der Waals surface area contributed by atoms with E-state index in [9.17, 15) is 9.59 Å². The van der Waals surface area contributed by atoms with Crippen molar-refractivity contribution in [2.75, 3.05) is 13.6 Å². The molecule has 2 aliphatic heterocycles. The lowest BCUT2D eigenvalue weighted by atomic mass is 9.88. The monoisotopic (exact) mass is 429 g/mol. The van der Waals surface area contributed by atoms with Gasteiger partial charge < -0.3 is 14.8 Å². The van der Waals surface area contributed by atoms with Gasteiger partial charge in [0, 0.05) is 34.9 Å². The molecule has 7 heteroatoms. The standard InChI is InChI=1S/C19H16BrN3O2S/c1-22-9-16(24)23-13(19(22)25)8-11-10-4-2-3-5-12(10)21-17(11)18(23)14-6-7-15(20)26-14/h2-7,13,18,21H,8-9H2,1H3/t13-,18+/m1/s1. The van der Waals surface area contributed by atoms with Crippen molar-refractivity contribution < 1.29 is 9.59 Å². The van der Waals surface area contributed by atoms with E-state index < -0.39 is 6.04 Å². The lowest BCUT2D eigenvalue weighted by Gasteiger charge is -2.45. The average Bonchev–Trinajstić information content (AvgIpc) is 3.21. The number of hydrogen-bond donors (Lipinski definition) is 1. The van der Waals surface area contributed by atoms with Gasteiger partial charge in [-0.25, -0.2) is 0 Å². The van der Waals surface area contributed by atoms with E-state index in [1.807, 2.05) is 30.3 Å². The predicted octanol–water partition coefficient (Wildman–Crippen LogP) is 3.31. The van der Waals surface area contributed by atoms with Crippen molar-refractivity contribution in [1.82, 2.24) is 14.8 Å². The van der Waals surface area contributed by atoms with E-state index in [1.165, 1.54) is 0 Å². The van der Waals surface area contributed by atoms with Crippen LogP contribution < -0.4 is 0 Å². The van der Waals surface area contributed by atoms with Gasteiger partial charge >= 0.3 is 0 Å². The third-order valence-electron chi connectivity index (χ3n) is 5.32. The highest BCUT2D eigenvalue weighted by atomic mass is 79.9. The zero-order valence-corrected chi connectivity index (χ0v) is 16.4. The first-order chi connectivity index (χ1) is 12.5. The molecule has 3 aromatic rings. The van der Waals surface area contributed by atoms with Gasteiger partial charge in [0.15, 0.2) is 0 Å². The highest BCUT2D eigenvalue weighted by Crippen LogP contribution is 2.44. The molecule has 0 saturated carbocycles. The Bertz CT molecular complexity index is 1060. The van der Waals surface area contributed by atoms with Crippen LogP contribution in [-0.4, -0.2) is 46.2 Å². The number of carbonyl (C=O) groups excluding carboxylic acids is 2. The van der Waals surface area contributed by atoms with Crippen molar-refractivity contribution in [1.29, 1.82) is 0 Å². The summed E-state index contributed by atoms with van der Waals surface area (Å²) >= 11 is 5.13. The number of nitrogens with one attached hydrogen (secondary N) is 1. The van der Waals surface area contributed by atoms with E-state index in [1.54, 1.807) is 28.2 Å². The van der Waals surface area contributed by atoms with E-state index >= 15 is 0 Å². The number of halogens is 1. The molecule has 0 spiro atoms. The molecule has 26 heavy (non-hydrogen) atoms. The molecule has 0 bridgehead atoms. The molecule has 5 nitrogen and oxygen atoms in total. The van der Waals surface area contributed by atoms with Crippen molar-refractivity contribution >= 4 is 50.0 Å². The minimum atomic E-state index is -0.446. The Balaban J connectivity index is 1.77. The summed E-state index contributed by atoms with van der Waals surface area (Å²) in [5, 5.41) is 1.14. The second-order valence-corrected chi connectivity index (χ2v) is 9.32. The fourth-order valence-corrected chi connectivity index (χ4v) is 5.71. The molecule has 2 aromatic heterocycles. The summed E-state index contributed by atoms with van der Waals surface area (Å²) < 4.78 is 1.01. The van der Waals surface area contributed by atoms with Crippen LogP contribution in [0, 0.1) is 0 Å². The Morgan fingerprint density at radius 1 is 1.19 bits per heavy atom. The molecule has 1 aromatic carbocycles. The van der Waals surface area contributed by atoms with Gasteiger partial charge in [0.1, 0.15) is 12.1 Å². The van der Waals surface area contributed by atoms with Crippen LogP contribution >= 0.6 is 27.3 Å². The van der Waals surface area contributed by atoms with Crippen molar-refractivity contribution in [2.45, 2.75) is 18.5 Å². The Morgan fingerprint density at radius 2 is 2.00 bits per heavy atom. The summed E-state index contributed by atoms with van der Waals surface area (Å²) in [6, 6.07) is 11.5. The van der Waals surface area contributed by atoms with Crippen molar-refractivity contribution in [2.24, 2.45) is 0 Å². The quantitative estimate of drug-likeness (QED) is 0.644. The van der Waals surface area contributed by atoms with E-state index in [-0.39, 0.29) is 24.4 Å². The molecule has 0 unspecified atom stereocenters. The average molecular weight is 430 g/mol. The smallest absolute Gasteiger partial charge is 0.245 e. The summed E-state index contributed by atoms with van der Waals surface area (Å²) in [4.78, 5) is 33.7. The normalized spacial score (nSPS) is 22.7. The maximum atomic E-state index is 12.9. The largest absolute Gasteiger partial charge is 0.356 e. The fourth-order valence-electron chi connectivity index (χ4n) is 4.18. The van der Waals surface area contributed by atoms with Crippen LogP contribution in [0.5, 0.6) is 0 Å². The van der Waals surface area contributed by atoms with Crippen molar-refractivity contribution in [3.05, 3.63) is 56.3 Å². The Hall–Kier alpha value is -2.12. The van der Waals surface area contributed by atoms with Crippen LogP contribution in [-0.2, 0) is 16.0 Å². The number of fused-ring (bicyclic) bond motifs is 4. The molecule has 4 heterocycles. The van der Waals surface area contributed by atoms with E-state index in [0.717, 1.165) is 30.8 Å². The van der Waals surface area contributed by atoms with Gasteiger partial charge in [-0.2, -0.15) is 0 Å². The SMILES string of the molecule is CN1CC(=O)N2[C@@H](c3ccc(Br)s3)c3[nH]c4ccccc4c3C[C@@H]2C1=O. The highest BCUT2D eigenvalue weighted by molar-refractivity contribution is 9.11. The molecule has 0 radical (unpaired) electrons. The van der Waals surface area contributed by atoms with Crippen LogP contribution in [0.15, 0.2) is 40.2 Å². The zero-order chi connectivity index (χ0) is 18.0. The summed E-state index contributed by atoms with van der Waals surface area (Å²) in [5.41, 5.74) is 3.22. The van der Waals surface area contributed by atoms with E-state index in [0.29, 0.717) is 6.42 Å². The molecular formula is C19H16BrN3O2S. The van der Waals surface area contributed by atoms with Gasteiger partial charge in [0.25, 0.3) is 0 Å². The van der Waals surface area contributed by atoms with Gasteiger partial charge in [0.05, 0.1) is 10.3 Å². The second-order valence-electron chi connectivity index (χ2n) is 6.82. The number of benzene rings is 1. The Labute approximate surface area is 162 Å². The van der Waals surface area contributed by atoms with Crippen LogP contribution in [0.3, 0.4) is 0 Å². The topological polar surface area (TPSA) is 56.4 Å². The van der Waals surface area contributed by atoms with Gasteiger partial charge in [-0.3, -0.25) is 9.59 Å². The van der Waals surface area contributed by atoms with E-state index in [4.69, 9.17) is 0 Å². The number of thiophene rings is 1. The number of carbonyl (C=O) groups is 2. The fraction of sp³-hybridized carbons (Fsp3) is 0.263. The number of para-hydroxylation sites is 1. The molecule has 0 aliphatic carbocycles. The number of aromatic nitrogens is 1. The molecule has 5 rings (SSSR count). The molecule has 132 valence electrons. The summed E-state index contributed by atoms with van der Waals surface area (Å²) in [7, 11) is 1.71. The van der Waals surface area contributed by atoms with Crippen LogP contribution in [0.4, 0.5) is 0 Å². The van der Waals surface area contributed by atoms with Crippen LogP contribution in [0.2, 0.25) is 0 Å². The molecule has 1 saturated heterocycles. The first kappa shape index (κ1) is 16.1. The maximum Gasteiger partial charge on any atom is 0.245 e. The predicted molar refractivity (Wildman–Crippen MR) is 104 cm³/mol. The Kier molecular flexibility index (Phi) is 3.52. The molecule has 1 fully saturated rings. The van der Waals surface area contributed by atoms with Gasteiger partial charge in [-0.1, -0.05) is 18.2 Å². The van der Waals surface area contributed by atoms with Gasteiger partial charge in [-0.05, 0) is 39.7 Å². The van der Waals surface area contributed by atoms with Gasteiger partial charge in [0.2, 0.25) is 11.8 Å². The molecule has 2 atom stereocenters. The van der Waals surface area contributed by atoms with Crippen molar-refractivity contribution in [3.63, 3.8) is 0 Å². The molecule has 2 aliphatic rings. The number of nitrogens with zero attached hydrogens (tertiary/aromatic N) is 2. The third-order valence-corrected chi connectivity index (χ3v) is 6.99.